The maximum absolute atomic E-state index is 11.4. The number of hydrogen-bond donors (Lipinski definition) is 1. The van der Waals surface area contributed by atoms with Crippen LogP contribution in [0.25, 0.3) is 0 Å². The van der Waals surface area contributed by atoms with Crippen molar-refractivity contribution in [2.75, 3.05) is 26.3 Å². The highest BCUT2D eigenvalue weighted by atomic mass is 16.5. The summed E-state index contributed by atoms with van der Waals surface area (Å²) in [6.07, 6.45) is 2.48. The van der Waals surface area contributed by atoms with Crippen molar-refractivity contribution in [2.45, 2.75) is 46.1 Å². The van der Waals surface area contributed by atoms with E-state index in [1.807, 2.05) is 6.92 Å². The summed E-state index contributed by atoms with van der Waals surface area (Å²) in [5.41, 5.74) is -0.519. The summed E-state index contributed by atoms with van der Waals surface area (Å²) in [7, 11) is 0. The molecule has 0 aliphatic carbocycles. The maximum Gasteiger partial charge on any atom is 0.310 e. The van der Waals surface area contributed by atoms with Gasteiger partial charge < -0.3 is 9.84 Å². The van der Waals surface area contributed by atoms with E-state index < -0.39 is 11.4 Å². The Labute approximate surface area is 104 Å². The first-order chi connectivity index (χ1) is 8.05. The van der Waals surface area contributed by atoms with Crippen LogP contribution in [0.5, 0.6) is 0 Å². The Kier molecular flexibility index (Phi) is 5.40. The van der Waals surface area contributed by atoms with Crippen LogP contribution < -0.4 is 0 Å². The van der Waals surface area contributed by atoms with Crippen LogP contribution in [0.15, 0.2) is 0 Å². The molecule has 4 nitrogen and oxygen atoms in total. The highest BCUT2D eigenvalue weighted by Gasteiger charge is 2.44. The van der Waals surface area contributed by atoms with Crippen molar-refractivity contribution in [3.63, 3.8) is 0 Å². The van der Waals surface area contributed by atoms with E-state index in [9.17, 15) is 9.90 Å². The Balaban J connectivity index is 2.56. The molecule has 1 heterocycles. The van der Waals surface area contributed by atoms with Gasteiger partial charge in [-0.3, -0.25) is 9.69 Å². The highest BCUT2D eigenvalue weighted by molar-refractivity contribution is 5.75. The van der Waals surface area contributed by atoms with E-state index in [4.69, 9.17) is 4.74 Å². The molecule has 1 saturated heterocycles. The zero-order chi connectivity index (χ0) is 12.9. The summed E-state index contributed by atoms with van der Waals surface area (Å²) in [6.45, 7) is 9.10. The average Bonchev–Trinajstić information content (AvgIpc) is 2.72. The van der Waals surface area contributed by atoms with E-state index in [1.165, 1.54) is 0 Å². The normalized spacial score (nSPS) is 27.2. The molecule has 0 saturated carbocycles. The van der Waals surface area contributed by atoms with Crippen molar-refractivity contribution in [3.8, 4) is 0 Å². The molecule has 17 heavy (non-hydrogen) atoms. The van der Waals surface area contributed by atoms with Crippen molar-refractivity contribution in [1.82, 2.24) is 4.90 Å². The van der Waals surface area contributed by atoms with Crippen LogP contribution in [0.1, 0.15) is 40.0 Å². The van der Waals surface area contributed by atoms with Crippen LogP contribution in [0, 0.1) is 5.41 Å². The Hall–Kier alpha value is -0.610. The number of carbonyl (C=O) groups is 1. The van der Waals surface area contributed by atoms with E-state index >= 15 is 0 Å². The van der Waals surface area contributed by atoms with E-state index in [0.717, 1.165) is 32.4 Å². The third-order valence-corrected chi connectivity index (χ3v) is 3.75. The van der Waals surface area contributed by atoms with Crippen molar-refractivity contribution >= 4 is 5.97 Å². The second-order valence-electron chi connectivity index (χ2n) is 5.06. The van der Waals surface area contributed by atoms with Crippen LogP contribution in [0.2, 0.25) is 0 Å². The molecule has 0 aromatic rings. The number of carboxylic acid groups (broad SMARTS) is 1. The first-order valence-electron chi connectivity index (χ1n) is 6.61. The molecule has 0 amide bonds. The molecule has 1 aliphatic rings. The molecule has 2 atom stereocenters. The third-order valence-electron chi connectivity index (χ3n) is 3.75. The van der Waals surface area contributed by atoms with Gasteiger partial charge in [-0.2, -0.15) is 0 Å². The van der Waals surface area contributed by atoms with Crippen LogP contribution in [-0.4, -0.2) is 48.3 Å². The van der Waals surface area contributed by atoms with E-state index in [1.54, 1.807) is 0 Å². The van der Waals surface area contributed by atoms with Gasteiger partial charge in [0.25, 0.3) is 0 Å². The summed E-state index contributed by atoms with van der Waals surface area (Å²) >= 11 is 0. The molecule has 1 aliphatic heterocycles. The van der Waals surface area contributed by atoms with Crippen molar-refractivity contribution in [3.05, 3.63) is 0 Å². The summed E-state index contributed by atoms with van der Waals surface area (Å²) in [5.74, 6) is -0.634. The first kappa shape index (κ1) is 14.5. The second-order valence-corrected chi connectivity index (χ2v) is 5.06. The molecule has 0 spiro atoms. The number of ether oxygens (including phenoxy) is 1. The Morgan fingerprint density at radius 3 is 2.76 bits per heavy atom. The topological polar surface area (TPSA) is 49.8 Å². The number of nitrogens with zero attached hydrogens (tertiary/aromatic N) is 1. The monoisotopic (exact) mass is 243 g/mol. The molecule has 0 bridgehead atoms. The largest absolute Gasteiger partial charge is 0.481 e. The lowest BCUT2D eigenvalue weighted by Gasteiger charge is -2.27. The number of aliphatic carboxylic acids is 1. The van der Waals surface area contributed by atoms with Gasteiger partial charge in [0, 0.05) is 19.2 Å². The molecule has 4 heteroatoms. The molecule has 2 unspecified atom stereocenters. The number of likely N-dealkylation sites (tertiary alicyclic amines) is 1. The highest BCUT2D eigenvalue weighted by Crippen LogP contribution is 2.36. The van der Waals surface area contributed by atoms with Crippen LogP contribution in [0.4, 0.5) is 0 Å². The lowest BCUT2D eigenvalue weighted by molar-refractivity contribution is -0.148. The summed E-state index contributed by atoms with van der Waals surface area (Å²) < 4.78 is 5.41. The predicted molar refractivity (Wildman–Crippen MR) is 67.1 cm³/mol. The zero-order valence-electron chi connectivity index (χ0n) is 11.2. The van der Waals surface area contributed by atoms with Gasteiger partial charge in [0.1, 0.15) is 0 Å². The van der Waals surface area contributed by atoms with Gasteiger partial charge in [0.05, 0.1) is 12.0 Å². The summed E-state index contributed by atoms with van der Waals surface area (Å²) in [4.78, 5) is 13.7. The van der Waals surface area contributed by atoms with E-state index in [0.29, 0.717) is 19.2 Å². The smallest absolute Gasteiger partial charge is 0.310 e. The number of hydrogen-bond acceptors (Lipinski definition) is 3. The van der Waals surface area contributed by atoms with E-state index in [-0.39, 0.29) is 0 Å². The molecule has 1 N–H and O–H groups in total. The number of carboxylic acids is 1. The van der Waals surface area contributed by atoms with Crippen LogP contribution in [-0.2, 0) is 9.53 Å². The Bertz CT molecular complexity index is 257. The fraction of sp³-hybridized carbons (Fsp3) is 0.923. The fourth-order valence-electron chi connectivity index (χ4n) is 2.64. The molecule has 0 aromatic heterocycles. The fourth-order valence-corrected chi connectivity index (χ4v) is 2.64. The van der Waals surface area contributed by atoms with Crippen LogP contribution in [0.3, 0.4) is 0 Å². The quantitative estimate of drug-likeness (QED) is 0.743. The first-order valence-corrected chi connectivity index (χ1v) is 6.61. The minimum atomic E-state index is -0.634. The van der Waals surface area contributed by atoms with E-state index in [2.05, 4.69) is 18.7 Å². The van der Waals surface area contributed by atoms with Gasteiger partial charge in [-0.25, -0.2) is 0 Å². The molecule has 0 aromatic carbocycles. The summed E-state index contributed by atoms with van der Waals surface area (Å²) in [5, 5.41) is 9.41. The van der Waals surface area contributed by atoms with Crippen LogP contribution >= 0.6 is 0 Å². The SMILES string of the molecule is CCCC1(C(=O)O)CCN(C(C)COCC)C1. The second kappa shape index (κ2) is 6.36. The van der Waals surface area contributed by atoms with Gasteiger partial charge in [-0.05, 0) is 33.2 Å². The Morgan fingerprint density at radius 2 is 2.24 bits per heavy atom. The average molecular weight is 243 g/mol. The molecular formula is C13H25NO3. The van der Waals surface area contributed by atoms with Gasteiger partial charge in [0.2, 0.25) is 0 Å². The summed E-state index contributed by atoms with van der Waals surface area (Å²) in [6, 6.07) is 0.313. The molecule has 1 fully saturated rings. The maximum atomic E-state index is 11.4. The molecule has 100 valence electrons. The minimum absolute atomic E-state index is 0.313. The van der Waals surface area contributed by atoms with Gasteiger partial charge >= 0.3 is 5.97 Å². The zero-order valence-corrected chi connectivity index (χ0v) is 11.2. The molecule has 1 rings (SSSR count). The van der Waals surface area contributed by atoms with Gasteiger partial charge in [-0.15, -0.1) is 0 Å². The van der Waals surface area contributed by atoms with Crippen molar-refractivity contribution in [1.29, 1.82) is 0 Å². The predicted octanol–water partition coefficient (Wildman–Crippen LogP) is 1.99. The lowest BCUT2D eigenvalue weighted by Crippen LogP contribution is -2.39. The van der Waals surface area contributed by atoms with Gasteiger partial charge in [0.15, 0.2) is 0 Å². The third kappa shape index (κ3) is 3.42. The molecular weight excluding hydrogens is 218 g/mol. The van der Waals surface area contributed by atoms with Gasteiger partial charge in [-0.1, -0.05) is 13.3 Å². The standard InChI is InChI=1S/C13H25NO3/c1-4-6-13(12(15)16)7-8-14(10-13)11(3)9-17-5-2/h11H,4-10H2,1-3H3,(H,15,16). The Morgan fingerprint density at radius 1 is 1.53 bits per heavy atom. The number of rotatable bonds is 7. The van der Waals surface area contributed by atoms with Crippen molar-refractivity contribution in [2.24, 2.45) is 5.41 Å². The molecule has 0 radical (unpaired) electrons. The lowest BCUT2D eigenvalue weighted by atomic mass is 9.83. The minimum Gasteiger partial charge on any atom is -0.481 e. The van der Waals surface area contributed by atoms with Crippen molar-refractivity contribution < 1.29 is 14.6 Å².